The molecule has 0 spiro atoms. The number of ether oxygens (including phenoxy) is 3. The number of amides is 1. The molecule has 3 aliphatic rings. The summed E-state index contributed by atoms with van der Waals surface area (Å²) in [4.78, 5) is 23.2. The van der Waals surface area contributed by atoms with Gasteiger partial charge in [-0.2, -0.15) is 13.2 Å². The zero-order chi connectivity index (χ0) is 25.9. The largest absolute Gasteiger partial charge is 0.506 e. The van der Waals surface area contributed by atoms with Gasteiger partial charge in [0.25, 0.3) is 5.60 Å². The van der Waals surface area contributed by atoms with Crippen LogP contribution in [0.1, 0.15) is 18.4 Å². The van der Waals surface area contributed by atoms with E-state index in [1.165, 1.54) is 0 Å². The van der Waals surface area contributed by atoms with Gasteiger partial charge in [-0.3, -0.25) is 5.32 Å². The lowest BCUT2D eigenvalue weighted by Crippen LogP contribution is -2.61. The molecular weight excluding hydrogens is 507 g/mol. The summed E-state index contributed by atoms with van der Waals surface area (Å²) in [6.07, 6.45) is -16.7. The number of carbonyl (C=O) groups is 2. The maximum absolute atomic E-state index is 14.3. The zero-order valence-corrected chi connectivity index (χ0v) is 18.0. The van der Waals surface area contributed by atoms with E-state index in [0.717, 1.165) is 12.1 Å². The van der Waals surface area contributed by atoms with Gasteiger partial charge in [-0.15, -0.1) is 0 Å². The Morgan fingerprint density at radius 3 is 2.40 bits per heavy atom. The molecule has 1 saturated carbocycles. The number of anilines is 1. The van der Waals surface area contributed by atoms with E-state index in [9.17, 15) is 43.2 Å². The fourth-order valence-electron chi connectivity index (χ4n) is 3.66. The van der Waals surface area contributed by atoms with Gasteiger partial charge in [-0.1, -0.05) is 17.5 Å². The van der Waals surface area contributed by atoms with Crippen LogP contribution < -0.4 is 5.32 Å². The Labute approximate surface area is 199 Å². The predicted molar refractivity (Wildman–Crippen MR) is 106 cm³/mol. The number of rotatable bonds is 3. The number of cyclic esters (lactones) is 1. The van der Waals surface area contributed by atoms with Crippen molar-refractivity contribution in [3.63, 3.8) is 0 Å². The number of aliphatic hydroxyl groups is 3. The average Bonchev–Trinajstić information content (AvgIpc) is 3.52. The van der Waals surface area contributed by atoms with Gasteiger partial charge in [-0.25, -0.2) is 9.59 Å². The monoisotopic (exact) mass is 523 g/mol. The minimum Gasteiger partial charge on any atom is -0.506 e. The molecule has 35 heavy (non-hydrogen) atoms. The number of aliphatic carboxylic acids is 1. The Bertz CT molecular complexity index is 1130. The number of aromatic hydroxyl groups is 1. The van der Waals surface area contributed by atoms with Crippen molar-refractivity contribution in [1.82, 2.24) is 0 Å². The molecule has 0 aromatic heterocycles. The summed E-state index contributed by atoms with van der Waals surface area (Å²) in [5.74, 6) is 1.64. The Balaban J connectivity index is 1.72. The van der Waals surface area contributed by atoms with Gasteiger partial charge < -0.3 is 39.7 Å². The summed E-state index contributed by atoms with van der Waals surface area (Å²) in [5.41, 5.74) is -6.68. The van der Waals surface area contributed by atoms with Crippen LogP contribution >= 0.6 is 11.6 Å². The van der Waals surface area contributed by atoms with E-state index in [4.69, 9.17) is 26.2 Å². The normalized spacial score (nSPS) is 33.5. The highest BCUT2D eigenvalue weighted by Gasteiger charge is 2.63. The molecular formula is C20H17ClF3NO10. The number of halogens is 4. The smallest absolute Gasteiger partial charge is 0.445 e. The Morgan fingerprint density at radius 2 is 1.83 bits per heavy atom. The van der Waals surface area contributed by atoms with Crippen LogP contribution in [0.4, 0.5) is 23.7 Å². The molecule has 2 heterocycles. The number of fused-ring (bicyclic) bond motifs is 1. The van der Waals surface area contributed by atoms with Crippen LogP contribution in [-0.4, -0.2) is 80.1 Å². The van der Waals surface area contributed by atoms with Crippen LogP contribution in [0, 0.1) is 11.8 Å². The van der Waals surface area contributed by atoms with Crippen LogP contribution in [0.25, 0.3) is 0 Å². The summed E-state index contributed by atoms with van der Waals surface area (Å²) in [6.45, 7) is 0. The summed E-state index contributed by atoms with van der Waals surface area (Å²) < 4.78 is 57.9. The van der Waals surface area contributed by atoms with E-state index in [1.807, 2.05) is 11.2 Å². The first kappa shape index (κ1) is 25.3. The molecule has 6 atom stereocenters. The molecule has 0 bridgehead atoms. The van der Waals surface area contributed by atoms with Crippen molar-refractivity contribution in [3.05, 3.63) is 22.7 Å². The van der Waals surface area contributed by atoms with Crippen molar-refractivity contribution in [1.29, 1.82) is 0 Å². The third kappa shape index (κ3) is 4.35. The molecule has 1 aromatic carbocycles. The second kappa shape index (κ2) is 8.40. The number of phenols is 1. The molecule has 1 amide bonds. The third-order valence-electron chi connectivity index (χ3n) is 5.66. The molecule has 2 fully saturated rings. The van der Waals surface area contributed by atoms with Gasteiger partial charge in [0, 0.05) is 16.7 Å². The van der Waals surface area contributed by atoms with Crippen molar-refractivity contribution in [2.45, 2.75) is 60.9 Å². The number of nitrogens with one attached hydrogen (secondary N) is 1. The van der Waals surface area contributed by atoms with Crippen molar-refractivity contribution < 1.29 is 62.5 Å². The number of carboxylic acid groups (broad SMARTS) is 1. The van der Waals surface area contributed by atoms with E-state index in [0.29, 0.717) is 0 Å². The molecule has 190 valence electrons. The lowest BCUT2D eigenvalue weighted by Gasteiger charge is -2.39. The second-order valence-electron chi connectivity index (χ2n) is 8.14. The summed E-state index contributed by atoms with van der Waals surface area (Å²) in [7, 11) is 0. The molecule has 15 heteroatoms. The van der Waals surface area contributed by atoms with Gasteiger partial charge in [0.05, 0.1) is 5.69 Å². The van der Waals surface area contributed by atoms with E-state index < -0.39 is 77.1 Å². The summed E-state index contributed by atoms with van der Waals surface area (Å²) in [5, 5.41) is 50.6. The van der Waals surface area contributed by atoms with E-state index in [2.05, 4.69) is 10.7 Å². The van der Waals surface area contributed by atoms with Crippen LogP contribution in [0.5, 0.6) is 5.75 Å². The number of carboxylic acids is 1. The van der Waals surface area contributed by atoms with E-state index in [1.54, 1.807) is 0 Å². The van der Waals surface area contributed by atoms with Crippen LogP contribution in [-0.2, 0) is 24.6 Å². The fourth-order valence-corrected chi connectivity index (χ4v) is 3.87. The Kier molecular flexibility index (Phi) is 6.07. The van der Waals surface area contributed by atoms with Gasteiger partial charge in [0.2, 0.25) is 0 Å². The molecule has 11 nitrogen and oxygen atoms in total. The highest BCUT2D eigenvalue weighted by atomic mass is 35.5. The summed E-state index contributed by atoms with van der Waals surface area (Å²) >= 11 is 5.80. The first-order valence-electron chi connectivity index (χ1n) is 9.94. The maximum atomic E-state index is 14.3. The number of aliphatic hydroxyl groups excluding tert-OH is 3. The highest BCUT2D eigenvalue weighted by Crippen LogP contribution is 2.51. The molecule has 0 radical (unpaired) electrons. The van der Waals surface area contributed by atoms with E-state index in [-0.39, 0.29) is 17.9 Å². The average molecular weight is 524 g/mol. The molecule has 1 saturated heterocycles. The first-order chi connectivity index (χ1) is 16.2. The highest BCUT2D eigenvalue weighted by molar-refractivity contribution is 6.31. The predicted octanol–water partition coefficient (Wildman–Crippen LogP) is 0.810. The van der Waals surface area contributed by atoms with E-state index >= 15 is 0 Å². The lowest BCUT2D eigenvalue weighted by atomic mass is 9.89. The van der Waals surface area contributed by atoms with Crippen LogP contribution in [0.2, 0.25) is 5.02 Å². The van der Waals surface area contributed by atoms with Gasteiger partial charge >= 0.3 is 18.2 Å². The third-order valence-corrected chi connectivity index (χ3v) is 5.88. The topological polar surface area (TPSA) is 175 Å². The standard InChI is InChI=1S/C20H17ClF3NO10/c21-7-5-8-10(9(26)6-7)25-17(32)35-19(8,20(22,23)24)4-3-18(1-2-18)34-16-13(29)11(27)12(28)14(33-16)15(30)31/h5-6,11-14,16,26-29H,1-2H2,(H,25,32)(H,30,31)/t11-,12-,13+,14-,16?,19-/m0/s1. The Morgan fingerprint density at radius 1 is 1.17 bits per heavy atom. The van der Waals surface area contributed by atoms with Crippen molar-refractivity contribution in [3.8, 4) is 17.6 Å². The molecule has 2 aliphatic heterocycles. The van der Waals surface area contributed by atoms with Crippen molar-refractivity contribution in [2.24, 2.45) is 0 Å². The molecule has 1 aromatic rings. The quantitative estimate of drug-likeness (QED) is 0.246. The number of alkyl halides is 3. The number of phenolic OH excluding ortho intramolecular Hbond substituents is 1. The van der Waals surface area contributed by atoms with Crippen LogP contribution in [0.15, 0.2) is 12.1 Å². The molecule has 4 rings (SSSR count). The minimum absolute atomic E-state index is 0.0107. The van der Waals surface area contributed by atoms with Gasteiger partial charge in [0.15, 0.2) is 12.4 Å². The lowest BCUT2D eigenvalue weighted by molar-refractivity contribution is -0.303. The zero-order valence-electron chi connectivity index (χ0n) is 17.2. The number of carbonyl (C=O) groups excluding carboxylic acids is 1. The Hall–Kier alpha value is -2.80. The molecule has 1 unspecified atom stereocenters. The SMILES string of the molecule is O=C1Nc2c(O)cc(Cl)cc2[C@@](C#CC2(OC3O[C@H](C(=O)O)[C@@H](O)[C@H](O)[C@H]3O)CC2)(C(F)(F)F)O1. The number of benzene rings is 1. The van der Waals surface area contributed by atoms with Gasteiger partial charge in [0.1, 0.15) is 29.7 Å². The summed E-state index contributed by atoms with van der Waals surface area (Å²) in [6, 6.07) is 1.72. The number of hydrogen-bond donors (Lipinski definition) is 6. The fraction of sp³-hybridized carbons (Fsp3) is 0.500. The first-order valence-corrected chi connectivity index (χ1v) is 10.3. The van der Waals surface area contributed by atoms with Crippen LogP contribution in [0.3, 0.4) is 0 Å². The molecule has 1 aliphatic carbocycles. The maximum Gasteiger partial charge on any atom is 0.445 e. The van der Waals surface area contributed by atoms with Crippen molar-refractivity contribution >= 4 is 29.4 Å². The second-order valence-corrected chi connectivity index (χ2v) is 8.57. The number of hydrogen-bond acceptors (Lipinski definition) is 9. The van der Waals surface area contributed by atoms with Crippen molar-refractivity contribution in [2.75, 3.05) is 5.32 Å². The molecule has 6 N–H and O–H groups in total. The van der Waals surface area contributed by atoms with Gasteiger partial charge in [-0.05, 0) is 24.8 Å². The minimum atomic E-state index is -5.32.